The van der Waals surface area contributed by atoms with Crippen molar-refractivity contribution in [2.45, 2.75) is 5.92 Å². The van der Waals surface area contributed by atoms with Gasteiger partial charge in [0, 0.05) is 5.56 Å². The molecule has 0 N–H and O–H groups in total. The summed E-state index contributed by atoms with van der Waals surface area (Å²) in [6, 6.07) is 5.04. The zero-order chi connectivity index (χ0) is 10.8. The van der Waals surface area contributed by atoms with Gasteiger partial charge in [0.1, 0.15) is 5.75 Å². The van der Waals surface area contributed by atoms with E-state index in [1.165, 1.54) is 19.2 Å². The highest BCUT2D eigenvalue weighted by atomic mass is 35.5. The van der Waals surface area contributed by atoms with Gasteiger partial charge in [-0.25, -0.2) is 0 Å². The van der Waals surface area contributed by atoms with Crippen LogP contribution in [-0.4, -0.2) is 12.4 Å². The SMILES string of the molecule is COc1cccc(C(F)(F)C(=O)Cl)c1. The fourth-order valence-corrected chi connectivity index (χ4v) is 1.04. The molecule has 1 rings (SSSR count). The van der Waals surface area contributed by atoms with Crippen LogP contribution < -0.4 is 4.74 Å². The van der Waals surface area contributed by atoms with Crippen LogP contribution in [0.2, 0.25) is 0 Å². The lowest BCUT2D eigenvalue weighted by molar-refractivity contribution is -0.135. The summed E-state index contributed by atoms with van der Waals surface area (Å²) >= 11 is 4.77. The fourth-order valence-electron chi connectivity index (χ4n) is 0.932. The normalized spacial score (nSPS) is 11.1. The molecule has 1 aromatic carbocycles. The minimum absolute atomic E-state index is 0.250. The van der Waals surface area contributed by atoms with Gasteiger partial charge in [0.25, 0.3) is 5.24 Å². The van der Waals surface area contributed by atoms with Crippen molar-refractivity contribution < 1.29 is 18.3 Å². The Morgan fingerprint density at radius 3 is 2.64 bits per heavy atom. The number of carbonyl (C=O) groups is 1. The summed E-state index contributed by atoms with van der Waals surface area (Å²) in [4.78, 5) is 10.4. The molecular weight excluding hydrogens is 214 g/mol. The van der Waals surface area contributed by atoms with E-state index in [0.717, 1.165) is 12.1 Å². The van der Waals surface area contributed by atoms with Crippen molar-refractivity contribution in [3.8, 4) is 5.75 Å². The molecule has 0 fully saturated rings. The molecule has 0 spiro atoms. The maximum Gasteiger partial charge on any atom is 0.345 e. The third-order valence-corrected chi connectivity index (χ3v) is 1.92. The zero-order valence-corrected chi connectivity index (χ0v) is 8.02. The molecule has 0 aliphatic rings. The van der Waals surface area contributed by atoms with Gasteiger partial charge in [0.05, 0.1) is 7.11 Å². The van der Waals surface area contributed by atoms with E-state index in [9.17, 15) is 13.6 Å². The van der Waals surface area contributed by atoms with Crippen LogP contribution in [0.3, 0.4) is 0 Å². The Hall–Kier alpha value is -1.16. The van der Waals surface area contributed by atoms with E-state index in [2.05, 4.69) is 0 Å². The maximum atomic E-state index is 13.1. The van der Waals surface area contributed by atoms with Crippen LogP contribution in [0.5, 0.6) is 5.75 Å². The number of alkyl halides is 2. The predicted octanol–water partition coefficient (Wildman–Crippen LogP) is 2.55. The Kier molecular flexibility index (Phi) is 3.06. The first kappa shape index (κ1) is 10.9. The molecular formula is C9H7ClF2O2. The van der Waals surface area contributed by atoms with Gasteiger partial charge in [-0.3, -0.25) is 4.79 Å². The summed E-state index contributed by atoms with van der Waals surface area (Å²) in [6.45, 7) is 0. The largest absolute Gasteiger partial charge is 0.497 e. The highest BCUT2D eigenvalue weighted by Gasteiger charge is 2.39. The van der Waals surface area contributed by atoms with Crippen molar-refractivity contribution in [1.82, 2.24) is 0 Å². The second-order valence-electron chi connectivity index (χ2n) is 2.58. The van der Waals surface area contributed by atoms with Gasteiger partial charge in [-0.05, 0) is 23.7 Å². The Labute approximate surface area is 84.4 Å². The summed E-state index contributed by atoms with van der Waals surface area (Å²) < 4.78 is 30.9. The summed E-state index contributed by atoms with van der Waals surface area (Å²) in [5, 5.41) is -1.70. The lowest BCUT2D eigenvalue weighted by atomic mass is 10.1. The van der Waals surface area contributed by atoms with Crippen molar-refractivity contribution >= 4 is 16.8 Å². The van der Waals surface area contributed by atoms with Crippen molar-refractivity contribution in [3.63, 3.8) is 0 Å². The Morgan fingerprint density at radius 1 is 1.50 bits per heavy atom. The molecule has 14 heavy (non-hydrogen) atoms. The molecule has 0 amide bonds. The van der Waals surface area contributed by atoms with Gasteiger partial charge >= 0.3 is 5.92 Å². The minimum Gasteiger partial charge on any atom is -0.497 e. The highest BCUT2D eigenvalue weighted by molar-refractivity contribution is 6.65. The fraction of sp³-hybridized carbons (Fsp3) is 0.222. The van der Waals surface area contributed by atoms with E-state index >= 15 is 0 Å². The van der Waals surface area contributed by atoms with Gasteiger partial charge in [-0.15, -0.1) is 0 Å². The second-order valence-corrected chi connectivity index (χ2v) is 2.92. The van der Waals surface area contributed by atoms with Gasteiger partial charge in [0.15, 0.2) is 0 Å². The highest BCUT2D eigenvalue weighted by Crippen LogP contribution is 2.32. The molecule has 0 radical (unpaired) electrons. The molecule has 76 valence electrons. The van der Waals surface area contributed by atoms with E-state index in [0.29, 0.717) is 0 Å². The second kappa shape index (κ2) is 3.92. The number of halogens is 3. The lowest BCUT2D eigenvalue weighted by Crippen LogP contribution is -2.21. The predicted molar refractivity (Wildman–Crippen MR) is 47.7 cm³/mol. The molecule has 0 atom stereocenters. The smallest absolute Gasteiger partial charge is 0.345 e. The molecule has 0 heterocycles. The van der Waals surface area contributed by atoms with E-state index in [-0.39, 0.29) is 5.75 Å². The van der Waals surface area contributed by atoms with Gasteiger partial charge in [0.2, 0.25) is 0 Å². The van der Waals surface area contributed by atoms with Crippen LogP contribution in [-0.2, 0) is 10.7 Å². The third-order valence-electron chi connectivity index (χ3n) is 1.68. The third kappa shape index (κ3) is 2.01. The quantitative estimate of drug-likeness (QED) is 0.732. The molecule has 0 saturated carbocycles. The number of hydrogen-bond donors (Lipinski definition) is 0. The Morgan fingerprint density at radius 2 is 2.14 bits per heavy atom. The molecule has 0 unspecified atom stereocenters. The Balaban J connectivity index is 3.12. The Bertz CT molecular complexity index is 352. The van der Waals surface area contributed by atoms with Crippen LogP contribution >= 0.6 is 11.6 Å². The summed E-state index contributed by atoms with van der Waals surface area (Å²) in [7, 11) is 1.35. The average molecular weight is 221 g/mol. The first-order valence-electron chi connectivity index (χ1n) is 3.70. The number of carbonyl (C=O) groups excluding carboxylic acids is 1. The van der Waals surface area contributed by atoms with Crippen LogP contribution in [0.1, 0.15) is 5.56 Å². The first-order valence-corrected chi connectivity index (χ1v) is 4.08. The molecule has 0 aliphatic heterocycles. The lowest BCUT2D eigenvalue weighted by Gasteiger charge is -2.12. The maximum absolute atomic E-state index is 13.1. The van der Waals surface area contributed by atoms with E-state index in [1.54, 1.807) is 0 Å². The van der Waals surface area contributed by atoms with Crippen molar-refractivity contribution in [2.24, 2.45) is 0 Å². The molecule has 0 bridgehead atoms. The number of ether oxygens (including phenoxy) is 1. The standard InChI is InChI=1S/C9H7ClF2O2/c1-14-7-4-2-3-6(5-7)9(11,12)8(10)13/h2-5H,1H3. The monoisotopic (exact) mass is 220 g/mol. The van der Waals surface area contributed by atoms with Crippen LogP contribution in [0.25, 0.3) is 0 Å². The van der Waals surface area contributed by atoms with Gasteiger partial charge in [-0.2, -0.15) is 8.78 Å². The molecule has 5 heteroatoms. The van der Waals surface area contributed by atoms with Crippen LogP contribution in [0.4, 0.5) is 8.78 Å². The zero-order valence-electron chi connectivity index (χ0n) is 7.26. The molecule has 0 saturated heterocycles. The summed E-state index contributed by atoms with van der Waals surface area (Å²) in [5.41, 5.74) is -0.475. The average Bonchev–Trinajstić information content (AvgIpc) is 2.17. The van der Waals surface area contributed by atoms with Crippen molar-refractivity contribution in [3.05, 3.63) is 29.8 Å². The topological polar surface area (TPSA) is 26.3 Å². The van der Waals surface area contributed by atoms with Crippen LogP contribution in [0.15, 0.2) is 24.3 Å². The number of methoxy groups -OCH3 is 1. The molecule has 0 aromatic heterocycles. The summed E-state index contributed by atoms with van der Waals surface area (Å²) in [6.07, 6.45) is 0. The van der Waals surface area contributed by atoms with Crippen molar-refractivity contribution in [1.29, 1.82) is 0 Å². The molecule has 1 aromatic rings. The summed E-state index contributed by atoms with van der Waals surface area (Å²) in [5.74, 6) is -3.42. The van der Waals surface area contributed by atoms with E-state index in [4.69, 9.17) is 16.3 Å². The van der Waals surface area contributed by atoms with Gasteiger partial charge in [-0.1, -0.05) is 12.1 Å². The number of hydrogen-bond acceptors (Lipinski definition) is 2. The van der Waals surface area contributed by atoms with E-state index in [1.807, 2.05) is 0 Å². The molecule has 2 nitrogen and oxygen atoms in total. The first-order chi connectivity index (χ1) is 6.48. The van der Waals surface area contributed by atoms with Crippen LogP contribution in [0, 0.1) is 0 Å². The molecule has 0 aliphatic carbocycles. The van der Waals surface area contributed by atoms with Crippen molar-refractivity contribution in [2.75, 3.05) is 7.11 Å². The number of benzene rings is 1. The van der Waals surface area contributed by atoms with E-state index < -0.39 is 16.7 Å². The van der Waals surface area contributed by atoms with Gasteiger partial charge < -0.3 is 4.74 Å². The number of rotatable bonds is 3. The minimum atomic E-state index is -3.67.